The molecular formula is C19H25N3. The second-order valence-electron chi connectivity index (χ2n) is 6.32. The van der Waals surface area contributed by atoms with Crippen LogP contribution in [0.1, 0.15) is 50.7 Å². The van der Waals surface area contributed by atoms with Crippen LogP contribution >= 0.6 is 0 Å². The zero-order valence-electron chi connectivity index (χ0n) is 13.8. The number of fused-ring (bicyclic) bond motifs is 3. The van der Waals surface area contributed by atoms with E-state index in [9.17, 15) is 0 Å². The molecule has 0 amide bonds. The number of nitrogens with zero attached hydrogens (tertiary/aromatic N) is 2. The van der Waals surface area contributed by atoms with E-state index in [0.29, 0.717) is 5.95 Å². The summed E-state index contributed by atoms with van der Waals surface area (Å²) in [6.07, 6.45) is 7.95. The standard InChI is InChI=1S/C19H25N3/c1-4-10-19(11-5-2)12-14-13-21-18(20-3)22-17(14)15-8-6-7-9-16(15)19/h6-9,13H,4-5,10-12H2,1-3H3,(H,20,21,22). The van der Waals surface area contributed by atoms with Crippen molar-refractivity contribution in [3.8, 4) is 11.3 Å². The van der Waals surface area contributed by atoms with Crippen molar-refractivity contribution in [3.05, 3.63) is 41.6 Å². The largest absolute Gasteiger partial charge is 0.357 e. The van der Waals surface area contributed by atoms with Gasteiger partial charge in [-0.2, -0.15) is 0 Å². The third kappa shape index (κ3) is 2.39. The quantitative estimate of drug-likeness (QED) is 0.877. The van der Waals surface area contributed by atoms with Crippen LogP contribution in [0, 0.1) is 0 Å². The average molecular weight is 295 g/mol. The Bertz CT molecular complexity index is 657. The van der Waals surface area contributed by atoms with Gasteiger partial charge in [0.15, 0.2) is 0 Å². The molecule has 0 spiro atoms. The van der Waals surface area contributed by atoms with Crippen molar-refractivity contribution in [1.29, 1.82) is 0 Å². The molecule has 3 nitrogen and oxygen atoms in total. The van der Waals surface area contributed by atoms with Gasteiger partial charge in [0.2, 0.25) is 5.95 Å². The highest BCUT2D eigenvalue weighted by Gasteiger charge is 2.38. The first-order chi connectivity index (χ1) is 10.7. The zero-order valence-corrected chi connectivity index (χ0v) is 13.8. The number of aromatic nitrogens is 2. The van der Waals surface area contributed by atoms with Crippen molar-refractivity contribution in [2.45, 2.75) is 51.4 Å². The smallest absolute Gasteiger partial charge is 0.222 e. The number of benzene rings is 1. The molecule has 0 radical (unpaired) electrons. The lowest BCUT2D eigenvalue weighted by molar-refractivity contribution is 0.349. The second kappa shape index (κ2) is 6.07. The molecule has 2 aromatic rings. The molecule has 1 aliphatic rings. The van der Waals surface area contributed by atoms with Gasteiger partial charge >= 0.3 is 0 Å². The van der Waals surface area contributed by atoms with Gasteiger partial charge in [0.1, 0.15) is 0 Å². The predicted molar refractivity (Wildman–Crippen MR) is 92.2 cm³/mol. The lowest BCUT2D eigenvalue weighted by atomic mass is 9.64. The fraction of sp³-hybridized carbons (Fsp3) is 0.474. The number of hydrogen-bond acceptors (Lipinski definition) is 3. The van der Waals surface area contributed by atoms with Gasteiger partial charge in [-0.05, 0) is 30.4 Å². The van der Waals surface area contributed by atoms with E-state index in [0.717, 1.165) is 12.1 Å². The van der Waals surface area contributed by atoms with Gasteiger partial charge in [0.25, 0.3) is 0 Å². The Morgan fingerprint density at radius 1 is 1.14 bits per heavy atom. The molecule has 0 atom stereocenters. The lowest BCUT2D eigenvalue weighted by Gasteiger charge is -2.40. The molecule has 0 saturated heterocycles. The molecule has 3 heteroatoms. The Kier molecular flexibility index (Phi) is 4.14. The number of anilines is 1. The summed E-state index contributed by atoms with van der Waals surface area (Å²) in [4.78, 5) is 9.18. The van der Waals surface area contributed by atoms with Crippen LogP contribution in [0.15, 0.2) is 30.5 Å². The normalized spacial score (nSPS) is 15.0. The lowest BCUT2D eigenvalue weighted by Crippen LogP contribution is -2.33. The maximum absolute atomic E-state index is 4.74. The van der Waals surface area contributed by atoms with Crippen molar-refractivity contribution >= 4 is 5.95 Å². The Morgan fingerprint density at radius 3 is 2.55 bits per heavy atom. The summed E-state index contributed by atoms with van der Waals surface area (Å²) in [6.45, 7) is 4.58. The summed E-state index contributed by atoms with van der Waals surface area (Å²) < 4.78 is 0. The molecule has 0 unspecified atom stereocenters. The summed E-state index contributed by atoms with van der Waals surface area (Å²) in [6, 6.07) is 8.83. The molecular weight excluding hydrogens is 270 g/mol. The number of hydrogen-bond donors (Lipinski definition) is 1. The highest BCUT2D eigenvalue weighted by molar-refractivity contribution is 5.72. The van der Waals surface area contributed by atoms with Gasteiger partial charge in [-0.1, -0.05) is 51.0 Å². The topological polar surface area (TPSA) is 37.8 Å². The van der Waals surface area contributed by atoms with Crippen LogP contribution < -0.4 is 5.32 Å². The average Bonchev–Trinajstić information content (AvgIpc) is 2.55. The zero-order chi connectivity index (χ0) is 15.6. The van der Waals surface area contributed by atoms with E-state index >= 15 is 0 Å². The molecule has 1 heterocycles. The molecule has 0 saturated carbocycles. The molecule has 1 N–H and O–H groups in total. The van der Waals surface area contributed by atoms with Crippen LogP contribution in [0.3, 0.4) is 0 Å². The fourth-order valence-corrected chi connectivity index (χ4v) is 4.03. The van der Waals surface area contributed by atoms with Crippen molar-refractivity contribution in [3.63, 3.8) is 0 Å². The Hall–Kier alpha value is -1.90. The van der Waals surface area contributed by atoms with Crippen LogP contribution in [-0.2, 0) is 11.8 Å². The molecule has 0 aliphatic heterocycles. The van der Waals surface area contributed by atoms with Gasteiger partial charge in [-0.3, -0.25) is 0 Å². The number of nitrogens with one attached hydrogen (secondary N) is 1. The van der Waals surface area contributed by atoms with E-state index in [1.54, 1.807) is 0 Å². The molecule has 1 aromatic carbocycles. The molecule has 0 bridgehead atoms. The first kappa shape index (κ1) is 15.0. The third-order valence-electron chi connectivity index (χ3n) is 4.83. The molecule has 22 heavy (non-hydrogen) atoms. The molecule has 1 aliphatic carbocycles. The van der Waals surface area contributed by atoms with E-state index < -0.39 is 0 Å². The molecule has 116 valence electrons. The number of rotatable bonds is 5. The van der Waals surface area contributed by atoms with Crippen LogP contribution in [0.5, 0.6) is 0 Å². The van der Waals surface area contributed by atoms with Gasteiger partial charge in [-0.15, -0.1) is 0 Å². The monoisotopic (exact) mass is 295 g/mol. The van der Waals surface area contributed by atoms with Crippen LogP contribution in [0.25, 0.3) is 11.3 Å². The van der Waals surface area contributed by atoms with E-state index in [4.69, 9.17) is 4.98 Å². The summed E-state index contributed by atoms with van der Waals surface area (Å²) in [5, 5.41) is 3.06. The van der Waals surface area contributed by atoms with Crippen molar-refractivity contribution in [2.75, 3.05) is 12.4 Å². The molecule has 3 rings (SSSR count). The minimum atomic E-state index is 0.248. The fourth-order valence-electron chi connectivity index (χ4n) is 4.03. The van der Waals surface area contributed by atoms with E-state index in [-0.39, 0.29) is 5.41 Å². The van der Waals surface area contributed by atoms with Gasteiger partial charge in [-0.25, -0.2) is 9.97 Å². The van der Waals surface area contributed by atoms with Crippen LogP contribution in [0.2, 0.25) is 0 Å². The minimum absolute atomic E-state index is 0.248. The predicted octanol–water partition coefficient (Wildman–Crippen LogP) is 4.58. The molecule has 1 aromatic heterocycles. The van der Waals surface area contributed by atoms with E-state index in [1.165, 1.54) is 42.4 Å². The summed E-state index contributed by atoms with van der Waals surface area (Å²) >= 11 is 0. The van der Waals surface area contributed by atoms with Crippen molar-refractivity contribution in [2.24, 2.45) is 0 Å². The highest BCUT2D eigenvalue weighted by atomic mass is 15.1. The highest BCUT2D eigenvalue weighted by Crippen LogP contribution is 2.47. The molecule has 0 fully saturated rings. The van der Waals surface area contributed by atoms with E-state index in [1.807, 2.05) is 13.2 Å². The van der Waals surface area contributed by atoms with Crippen molar-refractivity contribution in [1.82, 2.24) is 9.97 Å². The first-order valence-corrected chi connectivity index (χ1v) is 8.37. The summed E-state index contributed by atoms with van der Waals surface area (Å²) in [7, 11) is 1.87. The minimum Gasteiger partial charge on any atom is -0.357 e. The summed E-state index contributed by atoms with van der Waals surface area (Å²) in [5.74, 6) is 0.701. The first-order valence-electron chi connectivity index (χ1n) is 8.37. The Balaban J connectivity index is 2.20. The van der Waals surface area contributed by atoms with Crippen LogP contribution in [0.4, 0.5) is 5.95 Å². The summed E-state index contributed by atoms with van der Waals surface area (Å²) in [5.41, 5.74) is 5.42. The Morgan fingerprint density at radius 2 is 1.86 bits per heavy atom. The third-order valence-corrected chi connectivity index (χ3v) is 4.83. The Labute approximate surface area is 133 Å². The SMILES string of the molecule is CCCC1(CCC)Cc2cnc(NC)nc2-c2ccccc21. The van der Waals surface area contributed by atoms with Gasteiger partial charge < -0.3 is 5.32 Å². The second-order valence-corrected chi connectivity index (χ2v) is 6.32. The maximum atomic E-state index is 4.74. The van der Waals surface area contributed by atoms with Gasteiger partial charge in [0, 0.05) is 24.2 Å². The van der Waals surface area contributed by atoms with E-state index in [2.05, 4.69) is 48.4 Å². The maximum Gasteiger partial charge on any atom is 0.222 e. The van der Waals surface area contributed by atoms with Crippen LogP contribution in [-0.4, -0.2) is 17.0 Å². The van der Waals surface area contributed by atoms with Gasteiger partial charge in [0.05, 0.1) is 5.69 Å². The van der Waals surface area contributed by atoms with Crippen molar-refractivity contribution < 1.29 is 0 Å².